The van der Waals surface area contributed by atoms with Crippen molar-refractivity contribution in [1.29, 1.82) is 0 Å². The molecule has 1 aliphatic rings. The summed E-state index contributed by atoms with van der Waals surface area (Å²) in [5.74, 6) is 0. The molecule has 1 saturated heterocycles. The first-order valence-corrected chi connectivity index (χ1v) is 5.30. The predicted octanol–water partition coefficient (Wildman–Crippen LogP) is 2.39. The summed E-state index contributed by atoms with van der Waals surface area (Å²) in [6.07, 6.45) is 3.96. The largest absolute Gasteiger partial charge is 0.374 e. The summed E-state index contributed by atoms with van der Waals surface area (Å²) in [7, 11) is 0. The third kappa shape index (κ3) is 2.14. The van der Waals surface area contributed by atoms with Crippen LogP contribution in [-0.4, -0.2) is 6.61 Å². The lowest BCUT2D eigenvalue weighted by atomic mass is 10.0. The van der Waals surface area contributed by atoms with E-state index in [4.69, 9.17) is 10.5 Å². The van der Waals surface area contributed by atoms with Gasteiger partial charge in [0.1, 0.15) is 0 Å². The fraction of sp³-hybridized carbons (Fsp3) is 0.500. The zero-order valence-electron chi connectivity index (χ0n) is 8.41. The average Bonchev–Trinajstić information content (AvgIpc) is 2.30. The third-order valence-electron chi connectivity index (χ3n) is 2.77. The summed E-state index contributed by atoms with van der Waals surface area (Å²) in [4.78, 5) is 0. The average molecular weight is 191 g/mol. The van der Waals surface area contributed by atoms with Crippen LogP contribution in [0.3, 0.4) is 0 Å². The van der Waals surface area contributed by atoms with Crippen molar-refractivity contribution in [3.8, 4) is 0 Å². The minimum absolute atomic E-state index is 0.315. The van der Waals surface area contributed by atoms with Crippen LogP contribution in [0.2, 0.25) is 0 Å². The van der Waals surface area contributed by atoms with E-state index < -0.39 is 0 Å². The van der Waals surface area contributed by atoms with Gasteiger partial charge >= 0.3 is 0 Å². The molecule has 1 aliphatic heterocycles. The van der Waals surface area contributed by atoms with Crippen molar-refractivity contribution in [2.75, 3.05) is 6.61 Å². The molecule has 1 unspecified atom stereocenters. The molecular weight excluding hydrogens is 174 g/mol. The van der Waals surface area contributed by atoms with E-state index in [1.165, 1.54) is 24.0 Å². The molecule has 0 saturated carbocycles. The molecule has 1 fully saturated rings. The van der Waals surface area contributed by atoms with Crippen LogP contribution in [0.15, 0.2) is 24.3 Å². The van der Waals surface area contributed by atoms with Crippen LogP contribution in [0, 0.1) is 0 Å². The SMILES string of the molecule is NCc1ccc(C2CCCCO2)cc1. The molecule has 1 aromatic rings. The van der Waals surface area contributed by atoms with Crippen molar-refractivity contribution in [3.63, 3.8) is 0 Å². The highest BCUT2D eigenvalue weighted by atomic mass is 16.5. The number of nitrogens with two attached hydrogens (primary N) is 1. The van der Waals surface area contributed by atoms with E-state index in [2.05, 4.69) is 24.3 Å². The van der Waals surface area contributed by atoms with E-state index in [1.807, 2.05) is 0 Å². The minimum Gasteiger partial charge on any atom is -0.374 e. The van der Waals surface area contributed by atoms with Crippen LogP contribution in [-0.2, 0) is 11.3 Å². The Bertz CT molecular complexity index is 275. The lowest BCUT2D eigenvalue weighted by Gasteiger charge is -2.22. The predicted molar refractivity (Wildman–Crippen MR) is 56.9 cm³/mol. The molecule has 0 amide bonds. The van der Waals surface area contributed by atoms with Gasteiger partial charge in [0.05, 0.1) is 6.10 Å². The molecule has 76 valence electrons. The van der Waals surface area contributed by atoms with Crippen LogP contribution in [0.25, 0.3) is 0 Å². The molecule has 0 radical (unpaired) electrons. The van der Waals surface area contributed by atoms with Gasteiger partial charge in [0.25, 0.3) is 0 Å². The van der Waals surface area contributed by atoms with Crippen molar-refractivity contribution in [3.05, 3.63) is 35.4 Å². The van der Waals surface area contributed by atoms with Gasteiger partial charge in [-0.3, -0.25) is 0 Å². The van der Waals surface area contributed by atoms with Gasteiger partial charge in [-0.2, -0.15) is 0 Å². The molecule has 1 atom stereocenters. The van der Waals surface area contributed by atoms with Crippen molar-refractivity contribution in [2.45, 2.75) is 31.9 Å². The quantitative estimate of drug-likeness (QED) is 0.779. The summed E-state index contributed by atoms with van der Waals surface area (Å²) in [6, 6.07) is 8.46. The fourth-order valence-electron chi connectivity index (χ4n) is 1.87. The van der Waals surface area contributed by atoms with Crippen molar-refractivity contribution in [2.24, 2.45) is 5.73 Å². The third-order valence-corrected chi connectivity index (χ3v) is 2.77. The normalized spacial score (nSPS) is 22.2. The van der Waals surface area contributed by atoms with Crippen LogP contribution in [0.5, 0.6) is 0 Å². The Hall–Kier alpha value is -0.860. The fourth-order valence-corrected chi connectivity index (χ4v) is 1.87. The molecule has 0 bridgehead atoms. The lowest BCUT2D eigenvalue weighted by Crippen LogP contribution is -2.11. The van der Waals surface area contributed by atoms with Crippen LogP contribution in [0.1, 0.15) is 36.5 Å². The van der Waals surface area contributed by atoms with E-state index in [0.717, 1.165) is 13.0 Å². The van der Waals surface area contributed by atoms with Gasteiger partial charge < -0.3 is 10.5 Å². The van der Waals surface area contributed by atoms with Gasteiger partial charge in [-0.1, -0.05) is 24.3 Å². The highest BCUT2D eigenvalue weighted by Crippen LogP contribution is 2.27. The highest BCUT2D eigenvalue weighted by Gasteiger charge is 2.15. The monoisotopic (exact) mass is 191 g/mol. The Morgan fingerprint density at radius 1 is 1.21 bits per heavy atom. The number of benzene rings is 1. The van der Waals surface area contributed by atoms with Gasteiger partial charge in [0, 0.05) is 13.2 Å². The summed E-state index contributed by atoms with van der Waals surface area (Å²) in [5.41, 5.74) is 8.03. The number of hydrogen-bond donors (Lipinski definition) is 1. The second-order valence-electron chi connectivity index (χ2n) is 3.80. The van der Waals surface area contributed by atoms with E-state index in [1.54, 1.807) is 0 Å². The molecule has 2 N–H and O–H groups in total. The maximum atomic E-state index is 5.71. The Balaban J connectivity index is 2.07. The van der Waals surface area contributed by atoms with Crippen LogP contribution >= 0.6 is 0 Å². The van der Waals surface area contributed by atoms with E-state index in [0.29, 0.717) is 12.6 Å². The highest BCUT2D eigenvalue weighted by molar-refractivity contribution is 5.24. The van der Waals surface area contributed by atoms with E-state index >= 15 is 0 Å². The van der Waals surface area contributed by atoms with Gasteiger partial charge in [-0.05, 0) is 30.4 Å². The molecule has 0 spiro atoms. The summed E-state index contributed by atoms with van der Waals surface area (Å²) in [5, 5.41) is 0. The Kier molecular flexibility index (Phi) is 3.17. The number of hydrogen-bond acceptors (Lipinski definition) is 2. The Labute approximate surface area is 85.1 Å². The molecule has 2 heteroatoms. The lowest BCUT2D eigenvalue weighted by molar-refractivity contribution is 0.0149. The van der Waals surface area contributed by atoms with Crippen molar-refractivity contribution >= 4 is 0 Å². The molecule has 0 aliphatic carbocycles. The zero-order chi connectivity index (χ0) is 9.80. The zero-order valence-corrected chi connectivity index (χ0v) is 8.41. The molecule has 1 aromatic carbocycles. The minimum atomic E-state index is 0.315. The maximum absolute atomic E-state index is 5.71. The molecule has 14 heavy (non-hydrogen) atoms. The molecule has 2 rings (SSSR count). The number of ether oxygens (including phenoxy) is 1. The first kappa shape index (κ1) is 9.69. The van der Waals surface area contributed by atoms with Crippen molar-refractivity contribution in [1.82, 2.24) is 0 Å². The molecule has 0 aromatic heterocycles. The summed E-state index contributed by atoms with van der Waals surface area (Å²) < 4.78 is 5.71. The number of rotatable bonds is 2. The van der Waals surface area contributed by atoms with E-state index in [-0.39, 0.29) is 0 Å². The van der Waals surface area contributed by atoms with Crippen LogP contribution in [0.4, 0.5) is 0 Å². The van der Waals surface area contributed by atoms with Gasteiger partial charge in [-0.15, -0.1) is 0 Å². The van der Waals surface area contributed by atoms with Crippen LogP contribution < -0.4 is 5.73 Å². The van der Waals surface area contributed by atoms with Gasteiger partial charge in [-0.25, -0.2) is 0 Å². The second-order valence-corrected chi connectivity index (χ2v) is 3.80. The summed E-state index contributed by atoms with van der Waals surface area (Å²) in [6.45, 7) is 1.52. The van der Waals surface area contributed by atoms with E-state index in [9.17, 15) is 0 Å². The first-order chi connectivity index (χ1) is 6.90. The van der Waals surface area contributed by atoms with Gasteiger partial charge in [0.2, 0.25) is 0 Å². The molecule has 2 nitrogen and oxygen atoms in total. The summed E-state index contributed by atoms with van der Waals surface area (Å²) >= 11 is 0. The Morgan fingerprint density at radius 2 is 2.00 bits per heavy atom. The molecule has 1 heterocycles. The standard InChI is InChI=1S/C12H17NO/c13-9-10-4-6-11(7-5-10)12-3-1-2-8-14-12/h4-7,12H,1-3,8-9,13H2. The molecular formula is C12H17NO. The smallest absolute Gasteiger partial charge is 0.0824 e. The van der Waals surface area contributed by atoms with Gasteiger partial charge in [0.15, 0.2) is 0 Å². The first-order valence-electron chi connectivity index (χ1n) is 5.30. The second kappa shape index (κ2) is 4.58. The Morgan fingerprint density at radius 3 is 2.57 bits per heavy atom. The maximum Gasteiger partial charge on any atom is 0.0824 e. The van der Waals surface area contributed by atoms with Crippen molar-refractivity contribution < 1.29 is 4.74 Å². The topological polar surface area (TPSA) is 35.2 Å².